The van der Waals surface area contributed by atoms with Crippen molar-refractivity contribution < 1.29 is 9.53 Å². The van der Waals surface area contributed by atoms with Crippen molar-refractivity contribution in [3.63, 3.8) is 0 Å². The van der Waals surface area contributed by atoms with Crippen molar-refractivity contribution in [2.75, 3.05) is 19.8 Å². The number of ether oxygens (including phenoxy) is 1. The SMILES string of the molecule is CC=CC(CCCCCCCC)COCCN=C=O. The van der Waals surface area contributed by atoms with Crippen LogP contribution in [0.15, 0.2) is 17.1 Å². The first kappa shape index (κ1) is 18.1. The van der Waals surface area contributed by atoms with E-state index in [0.717, 1.165) is 6.61 Å². The highest BCUT2D eigenvalue weighted by Gasteiger charge is 2.04. The topological polar surface area (TPSA) is 38.7 Å². The molecule has 0 heterocycles. The van der Waals surface area contributed by atoms with E-state index in [1.54, 1.807) is 0 Å². The van der Waals surface area contributed by atoms with E-state index in [1.807, 2.05) is 6.92 Å². The van der Waals surface area contributed by atoms with Crippen LogP contribution in [0.25, 0.3) is 0 Å². The summed E-state index contributed by atoms with van der Waals surface area (Å²) in [4.78, 5) is 13.4. The average Bonchev–Trinajstić information content (AvgIpc) is 2.42. The molecule has 0 aliphatic carbocycles. The quantitative estimate of drug-likeness (QED) is 0.216. The normalized spacial score (nSPS) is 12.5. The van der Waals surface area contributed by atoms with Crippen LogP contribution in [0.2, 0.25) is 0 Å². The van der Waals surface area contributed by atoms with Crippen LogP contribution in [-0.2, 0) is 9.53 Å². The van der Waals surface area contributed by atoms with Crippen LogP contribution in [-0.4, -0.2) is 25.8 Å². The van der Waals surface area contributed by atoms with Crippen molar-refractivity contribution in [2.24, 2.45) is 10.9 Å². The molecule has 0 saturated heterocycles. The molecular weight excluding hydrogens is 238 g/mol. The maximum Gasteiger partial charge on any atom is 0.235 e. The van der Waals surface area contributed by atoms with Crippen LogP contribution in [0.4, 0.5) is 0 Å². The maximum atomic E-state index is 9.90. The molecule has 0 aliphatic heterocycles. The fraction of sp³-hybridized carbons (Fsp3) is 0.812. The van der Waals surface area contributed by atoms with E-state index < -0.39 is 0 Å². The Morgan fingerprint density at radius 3 is 2.63 bits per heavy atom. The minimum atomic E-state index is 0.420. The standard InChI is InChI=1S/C16H29NO2/c1-3-5-6-7-8-9-11-16(10-4-2)14-19-13-12-17-15-18/h4,10,16H,3,5-9,11-14H2,1-2H3. The molecule has 0 spiro atoms. The van der Waals surface area contributed by atoms with Crippen LogP contribution >= 0.6 is 0 Å². The zero-order chi connectivity index (χ0) is 14.2. The van der Waals surface area contributed by atoms with Crippen molar-refractivity contribution in [3.8, 4) is 0 Å². The molecule has 0 aliphatic rings. The third-order valence-corrected chi connectivity index (χ3v) is 3.14. The molecule has 0 radical (unpaired) electrons. The lowest BCUT2D eigenvalue weighted by molar-refractivity contribution is 0.116. The summed E-state index contributed by atoms with van der Waals surface area (Å²) in [6.45, 7) is 5.95. The van der Waals surface area contributed by atoms with Crippen molar-refractivity contribution in [1.29, 1.82) is 0 Å². The first-order chi connectivity index (χ1) is 9.35. The fourth-order valence-corrected chi connectivity index (χ4v) is 2.08. The molecule has 0 rings (SSSR count). The average molecular weight is 267 g/mol. The van der Waals surface area contributed by atoms with E-state index in [9.17, 15) is 4.79 Å². The lowest BCUT2D eigenvalue weighted by Crippen LogP contribution is -2.09. The molecule has 0 bridgehead atoms. The van der Waals surface area contributed by atoms with E-state index in [-0.39, 0.29) is 0 Å². The van der Waals surface area contributed by atoms with E-state index in [2.05, 4.69) is 24.1 Å². The minimum absolute atomic E-state index is 0.420. The van der Waals surface area contributed by atoms with Gasteiger partial charge in [-0.05, 0) is 13.3 Å². The molecular formula is C16H29NO2. The summed E-state index contributed by atoms with van der Waals surface area (Å²) < 4.78 is 5.52. The summed E-state index contributed by atoms with van der Waals surface area (Å²) in [6.07, 6.45) is 15.0. The Morgan fingerprint density at radius 1 is 1.21 bits per heavy atom. The molecule has 1 unspecified atom stereocenters. The first-order valence-electron chi connectivity index (χ1n) is 7.59. The summed E-state index contributed by atoms with van der Waals surface area (Å²) in [6, 6.07) is 0. The van der Waals surface area contributed by atoms with Gasteiger partial charge in [-0.2, -0.15) is 0 Å². The minimum Gasteiger partial charge on any atom is -0.379 e. The van der Waals surface area contributed by atoms with Gasteiger partial charge in [-0.1, -0.05) is 57.6 Å². The van der Waals surface area contributed by atoms with Crippen molar-refractivity contribution in [3.05, 3.63) is 12.2 Å². The third-order valence-electron chi connectivity index (χ3n) is 3.14. The molecule has 0 N–H and O–H groups in total. The molecule has 3 nitrogen and oxygen atoms in total. The number of aliphatic imine (C=N–C) groups is 1. The summed E-state index contributed by atoms with van der Waals surface area (Å²) in [5.41, 5.74) is 0. The molecule has 1 atom stereocenters. The van der Waals surface area contributed by atoms with Crippen LogP contribution in [0.5, 0.6) is 0 Å². The number of carbonyl (C=O) groups excluding carboxylic acids is 1. The van der Waals surface area contributed by atoms with Gasteiger partial charge in [0.25, 0.3) is 0 Å². The number of isocyanates is 1. The highest BCUT2D eigenvalue weighted by Crippen LogP contribution is 2.14. The number of hydrogen-bond acceptors (Lipinski definition) is 3. The Morgan fingerprint density at radius 2 is 1.95 bits per heavy atom. The summed E-state index contributed by atoms with van der Waals surface area (Å²) in [7, 11) is 0. The van der Waals surface area contributed by atoms with Gasteiger partial charge in [0.05, 0.1) is 19.8 Å². The van der Waals surface area contributed by atoms with Crippen LogP contribution in [0.3, 0.4) is 0 Å². The van der Waals surface area contributed by atoms with Gasteiger partial charge in [0.1, 0.15) is 0 Å². The van der Waals surface area contributed by atoms with Gasteiger partial charge in [-0.3, -0.25) is 0 Å². The number of rotatable bonds is 13. The first-order valence-corrected chi connectivity index (χ1v) is 7.59. The Balaban J connectivity index is 3.59. The fourth-order valence-electron chi connectivity index (χ4n) is 2.08. The Labute approximate surface area is 118 Å². The van der Waals surface area contributed by atoms with Gasteiger partial charge in [0.15, 0.2) is 0 Å². The van der Waals surface area contributed by atoms with Gasteiger partial charge < -0.3 is 4.74 Å². The molecule has 3 heteroatoms. The second kappa shape index (κ2) is 15.1. The molecule has 19 heavy (non-hydrogen) atoms. The monoisotopic (exact) mass is 267 g/mol. The van der Waals surface area contributed by atoms with Gasteiger partial charge in [-0.25, -0.2) is 9.79 Å². The van der Waals surface area contributed by atoms with E-state index in [4.69, 9.17) is 4.74 Å². The van der Waals surface area contributed by atoms with E-state index >= 15 is 0 Å². The van der Waals surface area contributed by atoms with Gasteiger partial charge in [-0.15, -0.1) is 0 Å². The van der Waals surface area contributed by atoms with Gasteiger partial charge in [0, 0.05) is 5.92 Å². The largest absolute Gasteiger partial charge is 0.379 e. The molecule has 110 valence electrons. The molecule has 0 amide bonds. The Kier molecular flexibility index (Phi) is 14.4. The van der Waals surface area contributed by atoms with Gasteiger partial charge >= 0.3 is 0 Å². The molecule has 0 saturated carbocycles. The van der Waals surface area contributed by atoms with Crippen molar-refractivity contribution >= 4 is 6.08 Å². The van der Waals surface area contributed by atoms with Gasteiger partial charge in [0.2, 0.25) is 6.08 Å². The zero-order valence-corrected chi connectivity index (χ0v) is 12.6. The molecule has 0 aromatic carbocycles. The lowest BCUT2D eigenvalue weighted by atomic mass is 10.0. The summed E-state index contributed by atoms with van der Waals surface area (Å²) in [5.74, 6) is 0.497. The van der Waals surface area contributed by atoms with Crippen molar-refractivity contribution in [1.82, 2.24) is 0 Å². The molecule has 0 aromatic heterocycles. The maximum absolute atomic E-state index is 9.90. The molecule has 0 fully saturated rings. The Bertz CT molecular complexity index is 257. The van der Waals surface area contributed by atoms with E-state index in [1.165, 1.54) is 51.0 Å². The van der Waals surface area contributed by atoms with Crippen LogP contribution in [0.1, 0.15) is 58.8 Å². The number of allylic oxidation sites excluding steroid dienone is 1. The third kappa shape index (κ3) is 13.3. The lowest BCUT2D eigenvalue weighted by Gasteiger charge is -2.12. The zero-order valence-electron chi connectivity index (χ0n) is 12.6. The smallest absolute Gasteiger partial charge is 0.235 e. The van der Waals surface area contributed by atoms with Crippen molar-refractivity contribution in [2.45, 2.75) is 58.8 Å². The number of unbranched alkanes of at least 4 members (excludes halogenated alkanes) is 5. The highest BCUT2D eigenvalue weighted by atomic mass is 16.5. The second-order valence-corrected chi connectivity index (χ2v) is 4.89. The highest BCUT2D eigenvalue weighted by molar-refractivity contribution is 5.32. The Hall–Kier alpha value is -0.920. The van der Waals surface area contributed by atoms with Crippen LogP contribution in [0, 0.1) is 5.92 Å². The number of hydrogen-bond donors (Lipinski definition) is 0. The van der Waals surface area contributed by atoms with E-state index in [0.29, 0.717) is 19.1 Å². The second-order valence-electron chi connectivity index (χ2n) is 4.89. The number of nitrogens with zero attached hydrogens (tertiary/aromatic N) is 1. The summed E-state index contributed by atoms with van der Waals surface area (Å²) >= 11 is 0. The van der Waals surface area contributed by atoms with Crippen LogP contribution < -0.4 is 0 Å². The predicted octanol–water partition coefficient (Wildman–Crippen LogP) is 4.28. The summed E-state index contributed by atoms with van der Waals surface area (Å²) in [5, 5.41) is 0. The molecule has 0 aromatic rings. The predicted molar refractivity (Wildman–Crippen MR) is 80.1 cm³/mol.